The molecule has 1 aliphatic heterocycles. The summed E-state index contributed by atoms with van der Waals surface area (Å²) in [7, 11) is 0. The average molecular weight is 348 g/mol. The predicted octanol–water partition coefficient (Wildman–Crippen LogP) is 3.54. The van der Waals surface area contributed by atoms with Gasteiger partial charge in [-0.3, -0.25) is 0 Å². The highest BCUT2D eigenvalue weighted by molar-refractivity contribution is 5.75. The van der Waals surface area contributed by atoms with Gasteiger partial charge in [-0.1, -0.05) is 54.6 Å². The van der Waals surface area contributed by atoms with Crippen molar-refractivity contribution in [2.45, 2.75) is 43.4 Å². The number of urea groups is 1. The first-order valence-corrected chi connectivity index (χ1v) is 9.61. The van der Waals surface area contributed by atoms with Gasteiger partial charge < -0.3 is 15.4 Å². The number of hydrogen-bond donors (Lipinski definition) is 2. The molecule has 0 aromatic heterocycles. The molecule has 0 bridgehead atoms. The van der Waals surface area contributed by atoms with Gasteiger partial charge in [-0.05, 0) is 41.9 Å². The van der Waals surface area contributed by atoms with Gasteiger partial charge in [0.15, 0.2) is 0 Å². The Kier molecular flexibility index (Phi) is 3.93. The summed E-state index contributed by atoms with van der Waals surface area (Å²) in [6, 6.07) is 19.3. The SMILES string of the molecule is O=C(N[C@@H]1CCO[C@H](c2ccccc2)C1)N[C@@H]1[C@@H]2Cc3ccccc3[C@H]21. The van der Waals surface area contributed by atoms with Crippen molar-refractivity contribution in [1.29, 1.82) is 0 Å². The van der Waals surface area contributed by atoms with Gasteiger partial charge in [0.05, 0.1) is 6.10 Å². The largest absolute Gasteiger partial charge is 0.373 e. The summed E-state index contributed by atoms with van der Waals surface area (Å²) in [4.78, 5) is 12.5. The highest BCUT2D eigenvalue weighted by atomic mass is 16.5. The van der Waals surface area contributed by atoms with Crippen molar-refractivity contribution in [2.75, 3.05) is 6.61 Å². The molecule has 5 atom stereocenters. The molecule has 134 valence electrons. The van der Waals surface area contributed by atoms with Crippen molar-refractivity contribution in [1.82, 2.24) is 10.6 Å². The minimum atomic E-state index is -0.0272. The van der Waals surface area contributed by atoms with E-state index in [4.69, 9.17) is 4.74 Å². The summed E-state index contributed by atoms with van der Waals surface area (Å²) < 4.78 is 5.90. The minimum absolute atomic E-state index is 0.0272. The number of nitrogens with one attached hydrogen (secondary N) is 2. The van der Waals surface area contributed by atoms with Gasteiger partial charge in [-0.2, -0.15) is 0 Å². The standard InChI is InChI=1S/C22H24N2O2/c25-22(24-21-18-12-15-8-4-5-9-17(15)20(18)21)23-16-10-11-26-19(13-16)14-6-2-1-3-7-14/h1-9,16,18-21H,10-13H2,(H2,23,24,25)/t16-,18-,19+,20-,21-/m1/s1. The van der Waals surface area contributed by atoms with E-state index >= 15 is 0 Å². The van der Waals surface area contributed by atoms with Crippen LogP contribution in [0.3, 0.4) is 0 Å². The van der Waals surface area contributed by atoms with E-state index in [0.717, 1.165) is 19.3 Å². The van der Waals surface area contributed by atoms with E-state index in [1.807, 2.05) is 18.2 Å². The fourth-order valence-corrected chi connectivity index (χ4v) is 4.75. The van der Waals surface area contributed by atoms with Crippen molar-refractivity contribution >= 4 is 6.03 Å². The average Bonchev–Trinajstić information content (AvgIpc) is 3.18. The topological polar surface area (TPSA) is 50.4 Å². The maximum absolute atomic E-state index is 12.5. The number of fused-ring (bicyclic) bond motifs is 3. The van der Waals surface area contributed by atoms with Crippen LogP contribution in [0.5, 0.6) is 0 Å². The lowest BCUT2D eigenvalue weighted by atomic mass is 9.97. The van der Waals surface area contributed by atoms with Crippen LogP contribution in [0.25, 0.3) is 0 Å². The van der Waals surface area contributed by atoms with Crippen LogP contribution in [-0.2, 0) is 11.2 Å². The zero-order chi connectivity index (χ0) is 17.5. The molecular weight excluding hydrogens is 324 g/mol. The summed E-state index contributed by atoms with van der Waals surface area (Å²) in [5, 5.41) is 6.38. The Morgan fingerprint density at radius 1 is 1.00 bits per heavy atom. The Bertz CT molecular complexity index is 807. The molecule has 2 aromatic carbocycles. The molecule has 4 heteroatoms. The van der Waals surface area contributed by atoms with E-state index in [1.165, 1.54) is 16.7 Å². The minimum Gasteiger partial charge on any atom is -0.373 e. The van der Waals surface area contributed by atoms with Crippen LogP contribution >= 0.6 is 0 Å². The van der Waals surface area contributed by atoms with Gasteiger partial charge in [0.2, 0.25) is 0 Å². The van der Waals surface area contributed by atoms with Crippen LogP contribution in [0, 0.1) is 5.92 Å². The molecule has 2 aliphatic carbocycles. The molecule has 2 fully saturated rings. The molecule has 1 saturated heterocycles. The number of carbonyl (C=O) groups is 1. The number of benzene rings is 2. The smallest absolute Gasteiger partial charge is 0.315 e. The zero-order valence-corrected chi connectivity index (χ0v) is 14.7. The summed E-state index contributed by atoms with van der Waals surface area (Å²) in [6.45, 7) is 0.687. The Labute approximate surface area is 153 Å². The molecule has 1 heterocycles. The molecule has 5 rings (SSSR count). The van der Waals surface area contributed by atoms with E-state index in [2.05, 4.69) is 47.0 Å². The van der Waals surface area contributed by atoms with Gasteiger partial charge in [0.25, 0.3) is 0 Å². The quantitative estimate of drug-likeness (QED) is 0.891. The van der Waals surface area contributed by atoms with E-state index in [1.54, 1.807) is 0 Å². The highest BCUT2D eigenvalue weighted by Crippen LogP contribution is 2.56. The zero-order valence-electron chi connectivity index (χ0n) is 14.7. The first-order valence-electron chi connectivity index (χ1n) is 9.61. The van der Waals surface area contributed by atoms with E-state index in [0.29, 0.717) is 24.5 Å². The molecule has 3 aliphatic rings. The number of hydrogen-bond acceptors (Lipinski definition) is 2. The third-order valence-electron chi connectivity index (χ3n) is 6.13. The second-order valence-corrected chi connectivity index (χ2v) is 7.73. The number of ether oxygens (including phenoxy) is 1. The lowest BCUT2D eigenvalue weighted by Gasteiger charge is -2.30. The molecule has 2 N–H and O–H groups in total. The number of carbonyl (C=O) groups excluding carboxylic acids is 1. The van der Waals surface area contributed by atoms with Crippen LogP contribution in [0.4, 0.5) is 4.79 Å². The lowest BCUT2D eigenvalue weighted by Crippen LogP contribution is -2.46. The first kappa shape index (κ1) is 15.9. The summed E-state index contributed by atoms with van der Waals surface area (Å²) >= 11 is 0. The fourth-order valence-electron chi connectivity index (χ4n) is 4.75. The number of amides is 2. The van der Waals surface area contributed by atoms with Crippen molar-refractivity contribution in [3.05, 3.63) is 71.3 Å². The third kappa shape index (κ3) is 2.88. The molecule has 2 aromatic rings. The molecule has 0 spiro atoms. The second-order valence-electron chi connectivity index (χ2n) is 7.73. The van der Waals surface area contributed by atoms with E-state index in [9.17, 15) is 4.79 Å². The van der Waals surface area contributed by atoms with Crippen LogP contribution in [0.2, 0.25) is 0 Å². The van der Waals surface area contributed by atoms with Gasteiger partial charge in [0, 0.05) is 24.6 Å². The maximum atomic E-state index is 12.5. The molecule has 26 heavy (non-hydrogen) atoms. The van der Waals surface area contributed by atoms with Crippen molar-refractivity contribution < 1.29 is 9.53 Å². The summed E-state index contributed by atoms with van der Waals surface area (Å²) in [5.74, 6) is 1.11. The van der Waals surface area contributed by atoms with Gasteiger partial charge >= 0.3 is 6.03 Å². The second kappa shape index (κ2) is 6.44. The number of rotatable bonds is 3. The predicted molar refractivity (Wildman–Crippen MR) is 100.0 cm³/mol. The van der Waals surface area contributed by atoms with Gasteiger partial charge in [-0.25, -0.2) is 4.79 Å². The van der Waals surface area contributed by atoms with Gasteiger partial charge in [-0.15, -0.1) is 0 Å². The van der Waals surface area contributed by atoms with Crippen LogP contribution < -0.4 is 10.6 Å². The van der Waals surface area contributed by atoms with Crippen molar-refractivity contribution in [3.63, 3.8) is 0 Å². The fraction of sp³-hybridized carbons (Fsp3) is 0.409. The van der Waals surface area contributed by atoms with Crippen LogP contribution in [0.15, 0.2) is 54.6 Å². The third-order valence-corrected chi connectivity index (χ3v) is 6.13. The normalized spacial score (nSPS) is 31.6. The molecule has 0 unspecified atom stereocenters. The Balaban J connectivity index is 1.16. The molecule has 1 saturated carbocycles. The molecular formula is C22H24N2O2. The van der Waals surface area contributed by atoms with Gasteiger partial charge in [0.1, 0.15) is 0 Å². The molecule has 0 radical (unpaired) electrons. The monoisotopic (exact) mass is 348 g/mol. The summed E-state index contributed by atoms with van der Waals surface area (Å²) in [5.41, 5.74) is 4.07. The van der Waals surface area contributed by atoms with Crippen LogP contribution in [-0.4, -0.2) is 24.7 Å². The van der Waals surface area contributed by atoms with Crippen molar-refractivity contribution in [3.8, 4) is 0 Å². The lowest BCUT2D eigenvalue weighted by molar-refractivity contribution is 0.00225. The Morgan fingerprint density at radius 3 is 2.69 bits per heavy atom. The van der Waals surface area contributed by atoms with Crippen molar-refractivity contribution in [2.24, 2.45) is 5.92 Å². The summed E-state index contributed by atoms with van der Waals surface area (Å²) in [6.07, 6.45) is 2.87. The van der Waals surface area contributed by atoms with Crippen LogP contribution in [0.1, 0.15) is 41.6 Å². The molecule has 4 nitrogen and oxygen atoms in total. The maximum Gasteiger partial charge on any atom is 0.315 e. The Hall–Kier alpha value is -2.33. The first-order chi connectivity index (χ1) is 12.8. The highest BCUT2D eigenvalue weighted by Gasteiger charge is 2.56. The Morgan fingerprint density at radius 2 is 1.81 bits per heavy atom. The molecule has 2 amide bonds. The van der Waals surface area contributed by atoms with E-state index in [-0.39, 0.29) is 18.2 Å². The van der Waals surface area contributed by atoms with E-state index < -0.39 is 0 Å².